The largest absolute Gasteiger partial charge is 0.508 e. The average Bonchev–Trinajstić information content (AvgIpc) is 3.89. The molecule has 0 fully saturated rings. The molecule has 1 unspecified atom stereocenters. The van der Waals surface area contributed by atoms with E-state index in [0.717, 1.165) is 63.5 Å². The molecule has 328 valence electrons. The lowest BCUT2D eigenvalue weighted by Gasteiger charge is -2.11. The van der Waals surface area contributed by atoms with E-state index >= 15 is 0 Å². The van der Waals surface area contributed by atoms with Gasteiger partial charge in [0, 0.05) is 39.7 Å². The molecule has 0 aliphatic rings. The van der Waals surface area contributed by atoms with Gasteiger partial charge in [0.2, 0.25) is 0 Å². The van der Waals surface area contributed by atoms with Gasteiger partial charge in [0.15, 0.2) is 0 Å². The summed E-state index contributed by atoms with van der Waals surface area (Å²) in [6.07, 6.45) is 9.94. The SMILES string of the molecule is C=CCC(C=C)C/C=C(\C(O)=C/CO)c1n[nH]c(C)c1-c1ccc(OC)cc1.CC.CC.COc1ccc(-c2c(-c3cc(CCc4ccccc4)c(O)cc3O)n[nH]c2C)cc1. The number of ether oxygens (including phenoxy) is 2. The van der Waals surface area contributed by atoms with Gasteiger partial charge in [0.1, 0.15) is 40.1 Å². The first-order valence-electron chi connectivity index (χ1n) is 21.0. The molecule has 2 heterocycles. The van der Waals surface area contributed by atoms with Gasteiger partial charge in [-0.1, -0.05) is 101 Å². The number of hydrogen-bond donors (Lipinski definition) is 6. The molecule has 6 rings (SSSR count). The van der Waals surface area contributed by atoms with Gasteiger partial charge in [-0.15, -0.1) is 13.2 Å². The van der Waals surface area contributed by atoms with E-state index in [0.29, 0.717) is 35.4 Å². The number of aliphatic hydroxyl groups excluding tert-OH is 2. The van der Waals surface area contributed by atoms with Crippen LogP contribution in [0.2, 0.25) is 0 Å². The maximum atomic E-state index is 10.6. The van der Waals surface area contributed by atoms with Crippen LogP contribution in [-0.2, 0) is 12.8 Å². The van der Waals surface area contributed by atoms with E-state index in [9.17, 15) is 20.4 Å². The van der Waals surface area contributed by atoms with Crippen molar-refractivity contribution in [3.05, 3.63) is 162 Å². The zero-order valence-corrected chi connectivity index (χ0v) is 37.5. The number of rotatable bonds is 16. The number of methoxy groups -OCH3 is 2. The van der Waals surface area contributed by atoms with Gasteiger partial charge in [-0.25, -0.2) is 0 Å². The fourth-order valence-corrected chi connectivity index (χ4v) is 6.70. The predicted octanol–water partition coefficient (Wildman–Crippen LogP) is 12.3. The molecule has 0 radical (unpaired) electrons. The number of benzene rings is 4. The van der Waals surface area contributed by atoms with Crippen molar-refractivity contribution in [2.75, 3.05) is 20.8 Å². The molecule has 10 heteroatoms. The highest BCUT2D eigenvalue weighted by molar-refractivity contribution is 5.87. The second-order valence-corrected chi connectivity index (χ2v) is 13.7. The van der Waals surface area contributed by atoms with E-state index < -0.39 is 0 Å². The summed E-state index contributed by atoms with van der Waals surface area (Å²) in [6.45, 7) is 19.3. The van der Waals surface area contributed by atoms with Crippen molar-refractivity contribution in [2.45, 2.75) is 67.2 Å². The highest BCUT2D eigenvalue weighted by Gasteiger charge is 2.21. The number of aromatic amines is 2. The van der Waals surface area contributed by atoms with Crippen LogP contribution in [0.3, 0.4) is 0 Å². The number of aliphatic hydroxyl groups is 2. The maximum Gasteiger partial charge on any atom is 0.128 e. The molecule has 0 aliphatic heterocycles. The summed E-state index contributed by atoms with van der Waals surface area (Å²) in [5.41, 5.74) is 9.91. The molecule has 0 aliphatic carbocycles. The summed E-state index contributed by atoms with van der Waals surface area (Å²) in [7, 11) is 3.26. The predicted molar refractivity (Wildman–Crippen MR) is 255 cm³/mol. The van der Waals surface area contributed by atoms with Gasteiger partial charge in [-0.3, -0.25) is 10.2 Å². The number of nitrogens with one attached hydrogen (secondary N) is 2. The Morgan fingerprint density at radius 3 is 1.82 bits per heavy atom. The van der Waals surface area contributed by atoms with Crippen molar-refractivity contribution in [3.63, 3.8) is 0 Å². The normalized spacial score (nSPS) is 11.4. The molecule has 6 N–H and O–H groups in total. The Labute approximate surface area is 367 Å². The Kier molecular flexibility index (Phi) is 20.6. The van der Waals surface area contributed by atoms with Crippen LogP contribution in [0.5, 0.6) is 23.0 Å². The van der Waals surface area contributed by atoms with E-state index in [2.05, 4.69) is 45.7 Å². The van der Waals surface area contributed by atoms with E-state index in [1.165, 1.54) is 17.7 Å². The van der Waals surface area contributed by atoms with Crippen LogP contribution in [0.1, 0.15) is 68.7 Å². The molecule has 0 saturated heterocycles. The summed E-state index contributed by atoms with van der Waals surface area (Å²) in [5, 5.41) is 55.7. The smallest absolute Gasteiger partial charge is 0.128 e. The average molecular weight is 841 g/mol. The number of nitrogens with zero attached hydrogens (tertiary/aromatic N) is 2. The molecule has 4 aromatic carbocycles. The number of aromatic nitrogens is 4. The maximum absolute atomic E-state index is 10.6. The minimum absolute atomic E-state index is 0.00257. The quantitative estimate of drug-likeness (QED) is 0.0319. The Bertz CT molecular complexity index is 2340. The second kappa shape index (κ2) is 25.8. The minimum atomic E-state index is -0.262. The number of phenols is 2. The highest BCUT2D eigenvalue weighted by atomic mass is 16.5. The van der Waals surface area contributed by atoms with Crippen LogP contribution in [0.25, 0.3) is 39.1 Å². The number of H-pyrrole nitrogens is 2. The standard InChI is InChI=1S/C25H24N2O3.C23H28N2O3.2C2H6/c1-16-24(18-10-12-20(30-2)13-11-18)25(27-26-16)21-14-19(22(28)15-23(21)29)9-8-17-6-4-3-5-7-17;1-5-7-17(6-2)8-13-20(21(27)14-15-26)23-22(16(3)24-25-23)18-9-11-19(28-4)12-10-18;2*1-2/h3-7,10-15,28-29H,8-9H2,1-2H3,(H,26,27);5-6,9-14,17,26-27H,1-2,7-8,15H2,3-4H3,(H,24,25);2*1-2H3/b;20-13+,21-14+;;. The van der Waals surface area contributed by atoms with Crippen molar-refractivity contribution in [3.8, 4) is 56.5 Å². The summed E-state index contributed by atoms with van der Waals surface area (Å²) in [6, 6.07) is 28.8. The Balaban J connectivity index is 0.000000307. The molecule has 6 aromatic rings. The lowest BCUT2D eigenvalue weighted by atomic mass is 9.94. The number of phenolic OH excluding ortho intramolecular Hbond substituents is 2. The first kappa shape index (κ1) is 49.6. The molecule has 0 amide bonds. The van der Waals surface area contributed by atoms with Gasteiger partial charge >= 0.3 is 0 Å². The lowest BCUT2D eigenvalue weighted by Crippen LogP contribution is -1.98. The fourth-order valence-electron chi connectivity index (χ4n) is 6.70. The number of aromatic hydroxyl groups is 2. The monoisotopic (exact) mass is 840 g/mol. The van der Waals surface area contributed by atoms with E-state index in [1.807, 2.05) is 133 Å². The topological polar surface area (TPSA) is 157 Å². The van der Waals surface area contributed by atoms with Gasteiger partial charge in [-0.05, 0) is 104 Å². The Hall–Kier alpha value is -6.78. The van der Waals surface area contributed by atoms with Crippen molar-refractivity contribution in [2.24, 2.45) is 5.92 Å². The van der Waals surface area contributed by atoms with E-state index in [-0.39, 0.29) is 29.8 Å². The Morgan fingerprint density at radius 2 is 1.27 bits per heavy atom. The first-order valence-corrected chi connectivity index (χ1v) is 21.0. The zero-order chi connectivity index (χ0) is 45.6. The molecule has 10 nitrogen and oxygen atoms in total. The van der Waals surface area contributed by atoms with Crippen LogP contribution in [0, 0.1) is 19.8 Å². The van der Waals surface area contributed by atoms with E-state index in [4.69, 9.17) is 9.47 Å². The number of allylic oxidation sites excluding steroid dienone is 4. The highest BCUT2D eigenvalue weighted by Crippen LogP contribution is 2.41. The van der Waals surface area contributed by atoms with E-state index in [1.54, 1.807) is 14.2 Å². The third-order valence-corrected chi connectivity index (χ3v) is 9.87. The summed E-state index contributed by atoms with van der Waals surface area (Å²) >= 11 is 0. The van der Waals surface area contributed by atoms with Crippen LogP contribution in [-0.4, -0.2) is 61.6 Å². The molecule has 0 spiro atoms. The van der Waals surface area contributed by atoms with Crippen LogP contribution in [0.15, 0.2) is 134 Å². The molecule has 0 bridgehead atoms. The first-order chi connectivity index (χ1) is 30.1. The van der Waals surface area contributed by atoms with Crippen molar-refractivity contribution < 1.29 is 29.9 Å². The minimum Gasteiger partial charge on any atom is -0.508 e. The second-order valence-electron chi connectivity index (χ2n) is 13.7. The molecule has 0 saturated carbocycles. The van der Waals surface area contributed by atoms with Gasteiger partial charge in [0.05, 0.1) is 20.8 Å². The van der Waals surface area contributed by atoms with Crippen molar-refractivity contribution in [1.29, 1.82) is 0 Å². The zero-order valence-electron chi connectivity index (χ0n) is 37.5. The van der Waals surface area contributed by atoms with Crippen molar-refractivity contribution >= 4 is 5.57 Å². The fraction of sp³-hybridized carbons (Fsp3) is 0.269. The molecule has 1 atom stereocenters. The Morgan fingerprint density at radius 1 is 0.710 bits per heavy atom. The summed E-state index contributed by atoms with van der Waals surface area (Å²) in [5.74, 6) is 1.83. The molecule has 62 heavy (non-hydrogen) atoms. The molecular weight excluding hydrogens is 777 g/mol. The van der Waals surface area contributed by atoms with Crippen LogP contribution in [0.4, 0.5) is 0 Å². The van der Waals surface area contributed by atoms with Gasteiger partial charge in [-0.2, -0.15) is 10.2 Å². The molecular formula is C52H64N4O6. The number of aryl methyl sites for hydroxylation is 4. The van der Waals surface area contributed by atoms with Crippen LogP contribution < -0.4 is 9.47 Å². The third-order valence-electron chi connectivity index (χ3n) is 9.87. The lowest BCUT2D eigenvalue weighted by molar-refractivity contribution is 0.333. The van der Waals surface area contributed by atoms with Crippen molar-refractivity contribution in [1.82, 2.24) is 20.4 Å². The van der Waals surface area contributed by atoms with Gasteiger partial charge < -0.3 is 29.9 Å². The van der Waals surface area contributed by atoms with Crippen LogP contribution >= 0.6 is 0 Å². The molecule has 2 aromatic heterocycles. The summed E-state index contributed by atoms with van der Waals surface area (Å²) < 4.78 is 10.5. The summed E-state index contributed by atoms with van der Waals surface area (Å²) in [4.78, 5) is 0. The third kappa shape index (κ3) is 13.1. The number of hydrogen-bond acceptors (Lipinski definition) is 8. The van der Waals surface area contributed by atoms with Gasteiger partial charge in [0.25, 0.3) is 0 Å².